The highest BCUT2D eigenvalue weighted by molar-refractivity contribution is 5.66. The van der Waals surface area contributed by atoms with Gasteiger partial charge in [0.15, 0.2) is 0 Å². The second kappa shape index (κ2) is 3.98. The predicted octanol–water partition coefficient (Wildman–Crippen LogP) is 2.69. The molecular formula is C14H22O3. The lowest BCUT2D eigenvalue weighted by Crippen LogP contribution is -2.58. The zero-order valence-corrected chi connectivity index (χ0v) is 10.5. The maximum Gasteiger partial charge on any atom is 0.303 e. The maximum atomic E-state index is 10.8. The predicted molar refractivity (Wildman–Crippen MR) is 63.7 cm³/mol. The monoisotopic (exact) mass is 238 g/mol. The Morgan fingerprint density at radius 2 is 1.71 bits per heavy atom. The van der Waals surface area contributed by atoms with Gasteiger partial charge < -0.3 is 9.84 Å². The molecule has 4 fully saturated rings. The Kier molecular flexibility index (Phi) is 2.69. The van der Waals surface area contributed by atoms with Crippen molar-refractivity contribution in [1.82, 2.24) is 0 Å². The topological polar surface area (TPSA) is 46.5 Å². The Hall–Kier alpha value is -0.570. The molecule has 0 amide bonds. The van der Waals surface area contributed by atoms with Crippen LogP contribution in [0, 0.1) is 23.7 Å². The summed E-state index contributed by atoms with van der Waals surface area (Å²) in [7, 11) is 1.80. The zero-order valence-electron chi connectivity index (χ0n) is 10.5. The lowest BCUT2D eigenvalue weighted by Gasteiger charge is -2.60. The lowest BCUT2D eigenvalue weighted by molar-refractivity contribution is -0.195. The highest BCUT2D eigenvalue weighted by Gasteiger charge is 2.57. The third kappa shape index (κ3) is 1.70. The Labute approximate surface area is 103 Å². The first-order valence-electron chi connectivity index (χ1n) is 6.91. The second-order valence-electron chi connectivity index (χ2n) is 6.36. The largest absolute Gasteiger partial charge is 0.481 e. The van der Waals surface area contributed by atoms with Crippen LogP contribution in [0.1, 0.15) is 44.9 Å². The molecule has 0 radical (unpaired) electrons. The van der Waals surface area contributed by atoms with Gasteiger partial charge in [-0.15, -0.1) is 0 Å². The van der Waals surface area contributed by atoms with E-state index in [1.807, 2.05) is 0 Å². The number of ether oxygens (including phenoxy) is 1. The summed E-state index contributed by atoms with van der Waals surface area (Å²) in [6.45, 7) is 0. The number of hydrogen-bond acceptors (Lipinski definition) is 2. The van der Waals surface area contributed by atoms with E-state index in [0.717, 1.165) is 11.8 Å². The lowest BCUT2D eigenvalue weighted by atomic mass is 9.49. The molecule has 4 bridgehead atoms. The minimum atomic E-state index is -0.685. The molecule has 1 N–H and O–H groups in total. The van der Waals surface area contributed by atoms with Crippen molar-refractivity contribution in [1.29, 1.82) is 0 Å². The summed E-state index contributed by atoms with van der Waals surface area (Å²) in [5.74, 6) is 2.39. The number of carboxylic acid groups (broad SMARTS) is 1. The van der Waals surface area contributed by atoms with E-state index in [1.165, 1.54) is 32.1 Å². The van der Waals surface area contributed by atoms with Crippen LogP contribution in [0.3, 0.4) is 0 Å². The maximum absolute atomic E-state index is 10.8. The van der Waals surface area contributed by atoms with Crippen LogP contribution in [0.25, 0.3) is 0 Å². The minimum Gasteiger partial charge on any atom is -0.481 e. The fourth-order valence-electron chi connectivity index (χ4n) is 5.13. The van der Waals surface area contributed by atoms with Gasteiger partial charge in [-0.2, -0.15) is 0 Å². The number of methoxy groups -OCH3 is 1. The highest BCUT2D eigenvalue weighted by atomic mass is 16.5. The summed E-state index contributed by atoms with van der Waals surface area (Å²) in [6.07, 6.45) is 7.51. The molecule has 0 aromatic heterocycles. The van der Waals surface area contributed by atoms with Gasteiger partial charge in [0.05, 0.1) is 5.60 Å². The van der Waals surface area contributed by atoms with Crippen LogP contribution in [-0.4, -0.2) is 23.8 Å². The molecule has 3 heteroatoms. The van der Waals surface area contributed by atoms with E-state index in [1.54, 1.807) is 7.11 Å². The Balaban J connectivity index is 1.81. The number of carbonyl (C=O) groups is 1. The van der Waals surface area contributed by atoms with Crippen LogP contribution < -0.4 is 0 Å². The molecule has 0 heterocycles. The summed E-state index contributed by atoms with van der Waals surface area (Å²) in [5.41, 5.74) is -0.105. The SMILES string of the molecule is COC1(CCC(=O)O)C2CC3CC(C2)CC1C3. The quantitative estimate of drug-likeness (QED) is 0.819. The summed E-state index contributed by atoms with van der Waals surface area (Å²) >= 11 is 0. The third-order valence-electron chi connectivity index (χ3n) is 5.63. The normalized spacial score (nSPS) is 47.4. The third-order valence-corrected chi connectivity index (χ3v) is 5.63. The van der Waals surface area contributed by atoms with E-state index in [4.69, 9.17) is 9.84 Å². The van der Waals surface area contributed by atoms with Gasteiger partial charge in [0.1, 0.15) is 0 Å². The van der Waals surface area contributed by atoms with Crippen LogP contribution in [0.5, 0.6) is 0 Å². The molecule has 4 aliphatic rings. The molecule has 3 nitrogen and oxygen atoms in total. The van der Waals surface area contributed by atoms with Gasteiger partial charge in [0, 0.05) is 13.5 Å². The standard InChI is InChI=1S/C14H22O3/c1-17-14(3-2-13(15)16)11-5-9-4-10(7-11)8-12(14)6-9/h9-12H,2-8H2,1H3,(H,15,16). The summed E-state index contributed by atoms with van der Waals surface area (Å²) in [6, 6.07) is 0. The molecule has 0 saturated heterocycles. The summed E-state index contributed by atoms with van der Waals surface area (Å²) in [5, 5.41) is 8.92. The van der Waals surface area contributed by atoms with Crippen LogP contribution >= 0.6 is 0 Å². The van der Waals surface area contributed by atoms with Gasteiger partial charge in [0.25, 0.3) is 0 Å². The molecule has 0 unspecified atom stereocenters. The van der Waals surface area contributed by atoms with Crippen molar-refractivity contribution in [3.8, 4) is 0 Å². The fourth-order valence-corrected chi connectivity index (χ4v) is 5.13. The molecule has 0 aromatic carbocycles. The first-order valence-corrected chi connectivity index (χ1v) is 6.91. The first-order chi connectivity index (χ1) is 8.14. The van der Waals surface area contributed by atoms with Crippen molar-refractivity contribution in [2.75, 3.05) is 7.11 Å². The van der Waals surface area contributed by atoms with Gasteiger partial charge in [-0.25, -0.2) is 0 Å². The molecule has 4 aliphatic carbocycles. The Morgan fingerprint density at radius 1 is 1.18 bits per heavy atom. The van der Waals surface area contributed by atoms with Crippen LogP contribution in [0.4, 0.5) is 0 Å². The summed E-state index contributed by atoms with van der Waals surface area (Å²) < 4.78 is 5.90. The van der Waals surface area contributed by atoms with Crippen molar-refractivity contribution < 1.29 is 14.6 Å². The molecule has 4 saturated carbocycles. The number of hydrogen-bond donors (Lipinski definition) is 1. The second-order valence-corrected chi connectivity index (χ2v) is 6.36. The van der Waals surface area contributed by atoms with Gasteiger partial charge >= 0.3 is 5.97 Å². The minimum absolute atomic E-state index is 0.105. The first kappa shape index (κ1) is 11.5. The van der Waals surface area contributed by atoms with E-state index >= 15 is 0 Å². The molecule has 17 heavy (non-hydrogen) atoms. The van der Waals surface area contributed by atoms with Crippen LogP contribution in [0.15, 0.2) is 0 Å². The van der Waals surface area contributed by atoms with E-state index in [-0.39, 0.29) is 12.0 Å². The summed E-state index contributed by atoms with van der Waals surface area (Å²) in [4.78, 5) is 10.8. The highest BCUT2D eigenvalue weighted by Crippen LogP contribution is 2.60. The van der Waals surface area contributed by atoms with E-state index in [9.17, 15) is 4.79 Å². The van der Waals surface area contributed by atoms with Crippen molar-refractivity contribution >= 4 is 5.97 Å². The van der Waals surface area contributed by atoms with E-state index < -0.39 is 5.97 Å². The van der Waals surface area contributed by atoms with Gasteiger partial charge in [-0.1, -0.05) is 0 Å². The smallest absolute Gasteiger partial charge is 0.303 e. The van der Waals surface area contributed by atoms with E-state index in [0.29, 0.717) is 18.3 Å². The van der Waals surface area contributed by atoms with Crippen molar-refractivity contribution in [2.45, 2.75) is 50.5 Å². The van der Waals surface area contributed by atoms with Gasteiger partial charge in [-0.3, -0.25) is 4.79 Å². The molecule has 0 atom stereocenters. The molecule has 0 aromatic rings. The van der Waals surface area contributed by atoms with Crippen LogP contribution in [0.2, 0.25) is 0 Å². The van der Waals surface area contributed by atoms with Crippen molar-refractivity contribution in [3.63, 3.8) is 0 Å². The Bertz CT molecular complexity index is 295. The van der Waals surface area contributed by atoms with Crippen LogP contribution in [-0.2, 0) is 9.53 Å². The van der Waals surface area contributed by atoms with Gasteiger partial charge in [-0.05, 0) is 62.2 Å². The van der Waals surface area contributed by atoms with Crippen molar-refractivity contribution in [2.24, 2.45) is 23.7 Å². The number of rotatable bonds is 4. The molecule has 0 aliphatic heterocycles. The fraction of sp³-hybridized carbons (Fsp3) is 0.929. The van der Waals surface area contributed by atoms with Crippen molar-refractivity contribution in [3.05, 3.63) is 0 Å². The number of aliphatic carboxylic acids is 1. The molecule has 96 valence electrons. The van der Waals surface area contributed by atoms with E-state index in [2.05, 4.69) is 0 Å². The average molecular weight is 238 g/mol. The molecule has 4 rings (SSSR count). The zero-order chi connectivity index (χ0) is 12.0. The number of carboxylic acids is 1. The van der Waals surface area contributed by atoms with Gasteiger partial charge in [0.2, 0.25) is 0 Å². The molecule has 0 spiro atoms. The molecular weight excluding hydrogens is 216 g/mol. The average Bonchev–Trinajstić information content (AvgIpc) is 2.28. The Morgan fingerprint density at radius 3 is 2.12 bits per heavy atom.